The molecule has 9 nitrogen and oxygen atoms in total. The quantitative estimate of drug-likeness (QED) is 0.126. The van der Waals surface area contributed by atoms with E-state index in [9.17, 15) is 14.7 Å². The van der Waals surface area contributed by atoms with E-state index in [2.05, 4.69) is 10.6 Å². The molecule has 1 fully saturated rings. The van der Waals surface area contributed by atoms with Gasteiger partial charge in [-0.05, 0) is 56.7 Å². The van der Waals surface area contributed by atoms with E-state index in [1.54, 1.807) is 26.3 Å². The van der Waals surface area contributed by atoms with Gasteiger partial charge in [0.2, 0.25) is 0 Å². The molecule has 2 aromatic carbocycles. The number of methoxy groups -OCH3 is 1. The number of nitrogens with one attached hydrogen (secondary N) is 2. The SMILES string of the molecule is CC[C@@H](Nc1c(Nc2ccc(Cl)c(SN(C)OCCOC)c2O)c(=O)c1=O)C1CCCC(C)O1. The minimum absolute atomic E-state index is 0.0356. The van der Waals surface area contributed by atoms with Crippen LogP contribution in [0.2, 0.25) is 5.02 Å². The summed E-state index contributed by atoms with van der Waals surface area (Å²) >= 11 is 7.37. The maximum Gasteiger partial charge on any atom is 0.253 e. The Morgan fingerprint density at radius 3 is 2.68 bits per heavy atom. The summed E-state index contributed by atoms with van der Waals surface area (Å²) in [4.78, 5) is 30.5. The van der Waals surface area contributed by atoms with E-state index in [0.29, 0.717) is 23.1 Å². The van der Waals surface area contributed by atoms with Crippen LogP contribution < -0.4 is 21.5 Å². The van der Waals surface area contributed by atoms with Gasteiger partial charge in [-0.2, -0.15) is 0 Å². The van der Waals surface area contributed by atoms with E-state index in [4.69, 9.17) is 25.9 Å². The van der Waals surface area contributed by atoms with Crippen molar-refractivity contribution in [3.8, 4) is 5.75 Å². The van der Waals surface area contributed by atoms with E-state index in [0.717, 1.165) is 37.6 Å². The van der Waals surface area contributed by atoms with E-state index in [1.807, 2.05) is 13.8 Å². The lowest BCUT2D eigenvalue weighted by atomic mass is 9.97. The molecule has 0 bridgehead atoms. The Hall–Kier alpha value is -1.82. The summed E-state index contributed by atoms with van der Waals surface area (Å²) in [6.07, 6.45) is 3.84. The highest BCUT2D eigenvalue weighted by molar-refractivity contribution is 7.97. The van der Waals surface area contributed by atoms with Crippen LogP contribution in [0.3, 0.4) is 0 Å². The first-order chi connectivity index (χ1) is 16.3. The molecule has 0 saturated carbocycles. The molecule has 1 saturated heterocycles. The van der Waals surface area contributed by atoms with Gasteiger partial charge in [0.15, 0.2) is 5.75 Å². The fraction of sp³-hybridized carbons (Fsp3) is 0.565. The Bertz CT molecular complexity index is 1040. The van der Waals surface area contributed by atoms with Crippen LogP contribution in [-0.4, -0.2) is 55.2 Å². The lowest BCUT2D eigenvalue weighted by Crippen LogP contribution is -2.44. The number of ether oxygens (including phenoxy) is 2. The van der Waals surface area contributed by atoms with Crippen LogP contribution in [0, 0.1) is 0 Å². The first-order valence-corrected chi connectivity index (χ1v) is 12.5. The van der Waals surface area contributed by atoms with Gasteiger partial charge in [0, 0.05) is 14.2 Å². The van der Waals surface area contributed by atoms with Crippen molar-refractivity contribution in [2.24, 2.45) is 0 Å². The molecule has 34 heavy (non-hydrogen) atoms. The first kappa shape index (κ1) is 26.8. The van der Waals surface area contributed by atoms with Crippen molar-refractivity contribution < 1.29 is 19.4 Å². The average Bonchev–Trinajstić information content (AvgIpc) is 2.82. The average molecular weight is 514 g/mol. The van der Waals surface area contributed by atoms with Gasteiger partial charge in [0.25, 0.3) is 10.9 Å². The smallest absolute Gasteiger partial charge is 0.253 e. The maximum atomic E-state index is 12.4. The zero-order chi connectivity index (χ0) is 24.8. The third-order valence-corrected chi connectivity index (χ3v) is 7.14. The maximum absolute atomic E-state index is 12.4. The van der Waals surface area contributed by atoms with Crippen molar-refractivity contribution in [1.82, 2.24) is 4.47 Å². The predicted molar refractivity (Wildman–Crippen MR) is 135 cm³/mol. The second-order valence-electron chi connectivity index (χ2n) is 8.24. The standard InChI is InChI=1S/C23H32ClN3O6S/c1-5-15(17-8-6-7-13(2)33-17)25-18-19(22(30)21(18)29)26-16-10-9-14(24)23(20(16)28)34-27(3)32-12-11-31-4/h9-10,13,15,17,25-26,28H,5-8,11-12H2,1-4H3/t13?,15-,17?/m1/s1. The number of phenolic OH excluding ortho intramolecular Hbond substituents is 1. The molecule has 3 atom stereocenters. The lowest BCUT2D eigenvalue weighted by Gasteiger charge is -2.34. The topological polar surface area (TPSA) is 109 Å². The van der Waals surface area contributed by atoms with E-state index >= 15 is 0 Å². The Morgan fingerprint density at radius 1 is 1.26 bits per heavy atom. The van der Waals surface area contributed by atoms with E-state index < -0.39 is 10.9 Å². The third kappa shape index (κ3) is 6.24. The summed E-state index contributed by atoms with van der Waals surface area (Å²) < 4.78 is 12.5. The Labute approximate surface area is 208 Å². The Kier molecular flexibility index (Phi) is 9.64. The molecule has 0 aliphatic carbocycles. The van der Waals surface area contributed by atoms with Gasteiger partial charge < -0.3 is 25.2 Å². The normalized spacial score (nSPS) is 19.5. The fourth-order valence-corrected chi connectivity index (χ4v) is 4.89. The van der Waals surface area contributed by atoms with Crippen molar-refractivity contribution in [1.29, 1.82) is 0 Å². The zero-order valence-corrected chi connectivity index (χ0v) is 21.4. The molecule has 0 spiro atoms. The van der Waals surface area contributed by atoms with Gasteiger partial charge in [0.05, 0.1) is 47.1 Å². The van der Waals surface area contributed by atoms with Crippen molar-refractivity contribution >= 4 is 40.6 Å². The summed E-state index contributed by atoms with van der Waals surface area (Å²) in [5, 5.41) is 17.3. The molecule has 3 rings (SSSR count). The molecular weight excluding hydrogens is 482 g/mol. The third-order valence-electron chi connectivity index (χ3n) is 5.76. The minimum Gasteiger partial charge on any atom is -0.505 e. The number of phenols is 1. The van der Waals surface area contributed by atoms with Crippen molar-refractivity contribution in [2.45, 2.75) is 62.7 Å². The molecular formula is C23H32ClN3O6S. The molecule has 3 N–H and O–H groups in total. The summed E-state index contributed by atoms with van der Waals surface area (Å²) in [5.41, 5.74) is -0.645. The second kappa shape index (κ2) is 12.2. The van der Waals surface area contributed by atoms with Gasteiger partial charge in [-0.3, -0.25) is 14.4 Å². The number of benzene rings is 1. The van der Waals surface area contributed by atoms with Crippen LogP contribution >= 0.6 is 23.5 Å². The van der Waals surface area contributed by atoms with Gasteiger partial charge >= 0.3 is 0 Å². The molecule has 0 aromatic heterocycles. The van der Waals surface area contributed by atoms with Gasteiger partial charge in [-0.1, -0.05) is 18.5 Å². The molecule has 1 aliphatic heterocycles. The lowest BCUT2D eigenvalue weighted by molar-refractivity contribution is -0.0734. The van der Waals surface area contributed by atoms with Crippen molar-refractivity contribution in [3.05, 3.63) is 37.6 Å². The van der Waals surface area contributed by atoms with Crippen LogP contribution in [0.1, 0.15) is 39.5 Å². The number of rotatable bonds is 12. The Morgan fingerprint density at radius 2 is 2.00 bits per heavy atom. The van der Waals surface area contributed by atoms with Gasteiger partial charge in [-0.15, -0.1) is 4.47 Å². The number of hydroxylamine groups is 1. The molecule has 11 heteroatoms. The minimum atomic E-state index is -0.640. The number of anilines is 3. The van der Waals surface area contributed by atoms with Crippen LogP contribution in [0.4, 0.5) is 17.1 Å². The van der Waals surface area contributed by atoms with Gasteiger partial charge in [0.1, 0.15) is 11.4 Å². The monoisotopic (exact) mass is 513 g/mol. The van der Waals surface area contributed by atoms with Crippen LogP contribution in [0.25, 0.3) is 0 Å². The molecule has 0 amide bonds. The number of nitrogens with zero attached hydrogens (tertiary/aromatic N) is 1. The van der Waals surface area contributed by atoms with Gasteiger partial charge in [-0.25, -0.2) is 0 Å². The summed E-state index contributed by atoms with van der Waals surface area (Å²) in [7, 11) is 3.25. The van der Waals surface area contributed by atoms with E-state index in [1.165, 1.54) is 4.47 Å². The molecule has 2 aromatic rings. The number of halogens is 1. The summed E-state index contributed by atoms with van der Waals surface area (Å²) in [6, 6.07) is 3.05. The summed E-state index contributed by atoms with van der Waals surface area (Å²) in [6.45, 7) is 4.80. The molecule has 188 valence electrons. The van der Waals surface area contributed by atoms with Crippen LogP contribution in [0.15, 0.2) is 26.6 Å². The molecule has 0 radical (unpaired) electrons. The number of hydrogen-bond donors (Lipinski definition) is 3. The van der Waals surface area contributed by atoms with Crippen molar-refractivity contribution in [3.63, 3.8) is 0 Å². The highest BCUT2D eigenvalue weighted by atomic mass is 35.5. The summed E-state index contributed by atoms with van der Waals surface area (Å²) in [5.74, 6) is -0.157. The highest BCUT2D eigenvalue weighted by Gasteiger charge is 2.30. The van der Waals surface area contributed by atoms with Crippen LogP contribution in [-0.2, 0) is 14.3 Å². The number of hydrogen-bond acceptors (Lipinski definition) is 10. The molecule has 1 heterocycles. The molecule has 2 unspecified atom stereocenters. The highest BCUT2D eigenvalue weighted by Crippen LogP contribution is 2.42. The Balaban J connectivity index is 1.77. The van der Waals surface area contributed by atoms with Crippen molar-refractivity contribution in [2.75, 3.05) is 38.0 Å². The fourth-order valence-electron chi connectivity index (χ4n) is 3.90. The number of aromatic hydroxyl groups is 1. The molecule has 1 aliphatic rings. The predicted octanol–water partition coefficient (Wildman–Crippen LogP) is 4.05. The first-order valence-electron chi connectivity index (χ1n) is 11.3. The second-order valence-corrected chi connectivity index (χ2v) is 9.75. The van der Waals surface area contributed by atoms with E-state index in [-0.39, 0.29) is 41.1 Å². The largest absolute Gasteiger partial charge is 0.505 e. The zero-order valence-electron chi connectivity index (χ0n) is 19.9. The van der Waals surface area contributed by atoms with Crippen LogP contribution in [0.5, 0.6) is 5.75 Å².